The molecule has 0 aliphatic heterocycles. The van der Waals surface area contributed by atoms with Gasteiger partial charge in [-0.3, -0.25) is 0 Å². The Morgan fingerprint density at radius 3 is 0.900 bits per heavy atom. The van der Waals surface area contributed by atoms with Crippen LogP contribution in [-0.2, 0) is 19.5 Å². The van der Waals surface area contributed by atoms with E-state index < -0.39 is 15.8 Å². The summed E-state index contributed by atoms with van der Waals surface area (Å²) in [6.45, 7) is 2.37. The molecular formula is C27H26P2Rh. The molecule has 4 rings (SSSR count). The van der Waals surface area contributed by atoms with Crippen molar-refractivity contribution < 1.29 is 19.5 Å². The van der Waals surface area contributed by atoms with Crippen LogP contribution in [0.5, 0.6) is 0 Å². The zero-order chi connectivity index (χ0) is 19.9. The average Bonchev–Trinajstić information content (AvgIpc) is 2.81. The van der Waals surface area contributed by atoms with Gasteiger partial charge in [0.2, 0.25) is 0 Å². The molecule has 0 saturated carbocycles. The fraction of sp³-hybridized carbons (Fsp3) is 0.111. The Morgan fingerprint density at radius 2 is 0.700 bits per heavy atom. The van der Waals surface area contributed by atoms with Crippen LogP contribution in [0.15, 0.2) is 121 Å². The molecule has 4 aromatic rings. The molecule has 0 unspecified atom stereocenters. The molecule has 0 nitrogen and oxygen atoms in total. The number of benzene rings is 4. The van der Waals surface area contributed by atoms with Crippen molar-refractivity contribution in [2.75, 3.05) is 0 Å². The summed E-state index contributed by atoms with van der Waals surface area (Å²) in [7, 11) is -0.944. The standard InChI is InChI=1S/C27H26P2.Rh/c1-2-27(28(23-15-7-3-8-16-23)24-17-9-4-10-18-24)29(25-19-11-5-12-20-25)26-21-13-6-14-22-26;/h3-22,27H,2H2,1H3;. The normalized spacial score (nSPS) is 10.9. The van der Waals surface area contributed by atoms with Crippen LogP contribution < -0.4 is 21.2 Å². The van der Waals surface area contributed by atoms with E-state index in [2.05, 4.69) is 128 Å². The minimum Gasteiger partial charge on any atom is -0.0644 e. The van der Waals surface area contributed by atoms with E-state index in [1.807, 2.05) is 0 Å². The van der Waals surface area contributed by atoms with Gasteiger partial charge in [0.25, 0.3) is 0 Å². The van der Waals surface area contributed by atoms with Crippen LogP contribution in [0.2, 0.25) is 0 Å². The number of hydrogen-bond acceptors (Lipinski definition) is 0. The first-order valence-corrected chi connectivity index (χ1v) is 13.0. The van der Waals surface area contributed by atoms with Crippen LogP contribution in [0.4, 0.5) is 0 Å². The van der Waals surface area contributed by atoms with E-state index in [4.69, 9.17) is 0 Å². The molecule has 0 N–H and O–H groups in total. The molecule has 0 spiro atoms. The van der Waals surface area contributed by atoms with Crippen molar-refractivity contribution in [3.05, 3.63) is 121 Å². The zero-order valence-electron chi connectivity index (χ0n) is 17.1. The fourth-order valence-corrected chi connectivity index (χ4v) is 11.0. The smallest absolute Gasteiger partial charge is 0.0152 e. The molecule has 0 amide bonds. The van der Waals surface area contributed by atoms with Gasteiger partial charge in [-0.15, -0.1) is 0 Å². The van der Waals surface area contributed by atoms with Gasteiger partial charge in [-0.2, -0.15) is 0 Å². The first-order valence-electron chi connectivity index (χ1n) is 10.2. The summed E-state index contributed by atoms with van der Waals surface area (Å²) in [6.07, 6.45) is 1.16. The average molecular weight is 515 g/mol. The van der Waals surface area contributed by atoms with Crippen molar-refractivity contribution in [2.24, 2.45) is 0 Å². The SMILES string of the molecule is CCC(P(c1ccccc1)c1ccccc1)P(c1ccccc1)c1ccccc1.[Rh]. The summed E-state index contributed by atoms with van der Waals surface area (Å²) < 4.78 is 0. The number of rotatable bonds is 7. The van der Waals surface area contributed by atoms with E-state index in [-0.39, 0.29) is 19.5 Å². The molecule has 153 valence electrons. The van der Waals surface area contributed by atoms with Gasteiger partial charge in [0.1, 0.15) is 0 Å². The zero-order valence-corrected chi connectivity index (χ0v) is 20.5. The Kier molecular flexibility index (Phi) is 8.96. The van der Waals surface area contributed by atoms with Crippen molar-refractivity contribution in [1.29, 1.82) is 0 Å². The Labute approximate surface area is 196 Å². The minimum absolute atomic E-state index is 0. The second kappa shape index (κ2) is 11.7. The first kappa shape index (κ1) is 23.0. The van der Waals surface area contributed by atoms with Crippen LogP contribution in [-0.4, -0.2) is 5.40 Å². The van der Waals surface area contributed by atoms with Crippen molar-refractivity contribution in [2.45, 2.75) is 18.7 Å². The maximum absolute atomic E-state index is 2.37. The van der Waals surface area contributed by atoms with E-state index in [9.17, 15) is 0 Å². The minimum atomic E-state index is -0.472. The summed E-state index contributed by atoms with van der Waals surface area (Å²) >= 11 is 0. The van der Waals surface area contributed by atoms with Crippen molar-refractivity contribution in [3.63, 3.8) is 0 Å². The fourth-order valence-electron chi connectivity index (χ4n) is 3.82. The maximum Gasteiger partial charge on any atom is 0.0152 e. The van der Waals surface area contributed by atoms with Gasteiger partial charge >= 0.3 is 0 Å². The summed E-state index contributed by atoms with van der Waals surface area (Å²) in [5.74, 6) is 0. The van der Waals surface area contributed by atoms with E-state index >= 15 is 0 Å². The third kappa shape index (κ3) is 5.34. The maximum atomic E-state index is 2.37. The van der Waals surface area contributed by atoms with Crippen LogP contribution in [0.25, 0.3) is 0 Å². The van der Waals surface area contributed by atoms with Gasteiger partial charge in [0, 0.05) is 24.9 Å². The Morgan fingerprint density at radius 1 is 0.467 bits per heavy atom. The van der Waals surface area contributed by atoms with Gasteiger partial charge in [0.05, 0.1) is 0 Å². The van der Waals surface area contributed by atoms with Crippen LogP contribution in [0.3, 0.4) is 0 Å². The molecule has 0 saturated heterocycles. The Bertz CT molecular complexity index is 830. The van der Waals surface area contributed by atoms with Gasteiger partial charge in [-0.25, -0.2) is 0 Å². The molecule has 0 aromatic heterocycles. The monoisotopic (exact) mass is 515 g/mol. The van der Waals surface area contributed by atoms with E-state index in [0.717, 1.165) is 6.42 Å². The molecule has 0 bridgehead atoms. The van der Waals surface area contributed by atoms with Gasteiger partial charge in [-0.1, -0.05) is 128 Å². The van der Waals surface area contributed by atoms with Crippen molar-refractivity contribution in [3.8, 4) is 0 Å². The van der Waals surface area contributed by atoms with Crippen molar-refractivity contribution >= 4 is 37.1 Å². The summed E-state index contributed by atoms with van der Waals surface area (Å²) in [6, 6.07) is 44.6. The molecule has 4 aromatic carbocycles. The Hall–Kier alpha value is -1.64. The largest absolute Gasteiger partial charge is 0.0644 e. The van der Waals surface area contributed by atoms with E-state index in [1.54, 1.807) is 0 Å². The predicted molar refractivity (Wildman–Crippen MR) is 132 cm³/mol. The quantitative estimate of drug-likeness (QED) is 0.210. The number of hydrogen-bond donors (Lipinski definition) is 0. The molecule has 30 heavy (non-hydrogen) atoms. The second-order valence-electron chi connectivity index (χ2n) is 6.97. The van der Waals surface area contributed by atoms with Crippen LogP contribution >= 0.6 is 15.8 Å². The van der Waals surface area contributed by atoms with E-state index in [1.165, 1.54) is 21.2 Å². The van der Waals surface area contributed by atoms with Crippen LogP contribution in [0, 0.1) is 0 Å². The predicted octanol–water partition coefficient (Wildman–Crippen LogP) is 5.99. The molecular weight excluding hydrogens is 489 g/mol. The molecule has 0 aliphatic rings. The molecule has 0 heterocycles. The van der Waals surface area contributed by atoms with Gasteiger partial charge in [0.15, 0.2) is 0 Å². The molecule has 1 radical (unpaired) electrons. The van der Waals surface area contributed by atoms with Gasteiger partial charge < -0.3 is 0 Å². The third-order valence-electron chi connectivity index (χ3n) is 5.10. The van der Waals surface area contributed by atoms with Crippen molar-refractivity contribution in [1.82, 2.24) is 0 Å². The van der Waals surface area contributed by atoms with Crippen LogP contribution in [0.1, 0.15) is 13.3 Å². The summed E-state index contributed by atoms with van der Waals surface area (Å²) in [5.41, 5.74) is 0. The van der Waals surface area contributed by atoms with Gasteiger partial charge in [-0.05, 0) is 43.5 Å². The summed E-state index contributed by atoms with van der Waals surface area (Å²) in [4.78, 5) is 0. The first-order chi connectivity index (χ1) is 14.4. The van der Waals surface area contributed by atoms with E-state index in [0.29, 0.717) is 5.40 Å². The summed E-state index contributed by atoms with van der Waals surface area (Å²) in [5, 5.41) is 6.47. The second-order valence-corrected chi connectivity index (χ2v) is 12.2. The molecule has 0 fully saturated rings. The topological polar surface area (TPSA) is 0 Å². The Balaban J connectivity index is 0.00000256. The molecule has 0 aliphatic carbocycles. The third-order valence-corrected chi connectivity index (χ3v) is 11.8. The molecule has 0 atom stereocenters. The molecule has 3 heteroatoms.